The van der Waals surface area contributed by atoms with E-state index in [-0.39, 0.29) is 5.91 Å². The average molecular weight is 384 g/mol. The molecule has 4 rings (SSSR count). The molecule has 1 heterocycles. The maximum atomic E-state index is 12.5. The third-order valence-corrected chi connectivity index (χ3v) is 4.60. The third-order valence-electron chi connectivity index (χ3n) is 4.60. The van der Waals surface area contributed by atoms with Crippen molar-refractivity contribution in [2.45, 2.75) is 6.54 Å². The summed E-state index contributed by atoms with van der Waals surface area (Å²) in [5, 5.41) is 4.43. The number of rotatable bonds is 6. The van der Waals surface area contributed by atoms with E-state index in [4.69, 9.17) is 4.74 Å². The molecule has 0 aliphatic heterocycles. The Kier molecular flexibility index (Phi) is 5.33. The summed E-state index contributed by atoms with van der Waals surface area (Å²) in [7, 11) is 1.59. The van der Waals surface area contributed by atoms with E-state index in [1.807, 2.05) is 59.2 Å². The average Bonchev–Trinajstić information content (AvgIpc) is 3.20. The molecule has 0 saturated carbocycles. The smallest absolute Gasteiger partial charge is 0.271 e. The first-order valence-corrected chi connectivity index (χ1v) is 9.21. The Balaban J connectivity index is 1.61. The van der Waals surface area contributed by atoms with Gasteiger partial charge in [-0.1, -0.05) is 42.5 Å². The molecule has 3 aromatic carbocycles. The number of hydrogen-bond acceptors (Lipinski definition) is 4. The van der Waals surface area contributed by atoms with E-state index in [1.54, 1.807) is 37.7 Å². The largest absolute Gasteiger partial charge is 0.497 e. The molecule has 0 radical (unpaired) electrons. The van der Waals surface area contributed by atoms with E-state index in [9.17, 15) is 4.79 Å². The van der Waals surface area contributed by atoms with Crippen LogP contribution >= 0.6 is 0 Å². The number of hydrogen-bond donors (Lipinski definition) is 1. The number of imidazole rings is 1. The molecule has 6 nitrogen and oxygen atoms in total. The van der Waals surface area contributed by atoms with Crippen molar-refractivity contribution in [1.29, 1.82) is 0 Å². The molecular formula is C23H20N4O2. The van der Waals surface area contributed by atoms with E-state index in [0.29, 0.717) is 17.9 Å². The van der Waals surface area contributed by atoms with E-state index < -0.39 is 0 Å². The second kappa shape index (κ2) is 8.39. The zero-order chi connectivity index (χ0) is 20.1. The number of carbonyl (C=O) groups is 1. The molecule has 1 N–H and O–H groups in total. The van der Waals surface area contributed by atoms with Crippen molar-refractivity contribution >= 4 is 22.7 Å². The maximum Gasteiger partial charge on any atom is 0.271 e. The van der Waals surface area contributed by atoms with E-state index in [1.165, 1.54) is 0 Å². The standard InChI is InChI=1S/C23H20N4O2/c1-29-19-13-11-18(12-14-19)23(28)26-25-21(17-7-3-2-4-8-17)15-27-16-24-20-9-5-6-10-22(20)27/h2-14,16H,15H2,1H3,(H,26,28)/b25-21-. The fourth-order valence-electron chi connectivity index (χ4n) is 3.04. The Hall–Kier alpha value is -3.93. The van der Waals surface area contributed by atoms with Gasteiger partial charge in [-0.2, -0.15) is 5.10 Å². The molecule has 0 saturated heterocycles. The summed E-state index contributed by atoms with van der Waals surface area (Å²) in [6.07, 6.45) is 1.79. The van der Waals surface area contributed by atoms with Gasteiger partial charge >= 0.3 is 0 Å². The minimum Gasteiger partial charge on any atom is -0.497 e. The van der Waals surface area contributed by atoms with Crippen molar-refractivity contribution in [1.82, 2.24) is 15.0 Å². The fourth-order valence-corrected chi connectivity index (χ4v) is 3.04. The molecule has 1 aromatic heterocycles. The first-order chi connectivity index (χ1) is 14.2. The predicted molar refractivity (Wildman–Crippen MR) is 113 cm³/mol. The van der Waals surface area contributed by atoms with Crippen LogP contribution in [0.2, 0.25) is 0 Å². The normalized spacial score (nSPS) is 11.4. The lowest BCUT2D eigenvalue weighted by Gasteiger charge is -2.10. The molecular weight excluding hydrogens is 364 g/mol. The van der Waals surface area contributed by atoms with Gasteiger partial charge in [0, 0.05) is 5.56 Å². The molecule has 0 atom stereocenters. The van der Waals surface area contributed by atoms with Crippen molar-refractivity contribution in [3.8, 4) is 5.75 Å². The van der Waals surface area contributed by atoms with Crippen LogP contribution in [0.4, 0.5) is 0 Å². The molecule has 0 spiro atoms. The number of nitrogens with one attached hydrogen (secondary N) is 1. The Labute approximate surface area is 168 Å². The van der Waals surface area contributed by atoms with Gasteiger partial charge in [0.15, 0.2) is 0 Å². The van der Waals surface area contributed by atoms with Gasteiger partial charge in [0.1, 0.15) is 5.75 Å². The molecule has 0 fully saturated rings. The van der Waals surface area contributed by atoms with Crippen LogP contribution in [-0.2, 0) is 6.54 Å². The van der Waals surface area contributed by atoms with E-state index >= 15 is 0 Å². The minimum atomic E-state index is -0.281. The first kappa shape index (κ1) is 18.4. The number of carbonyl (C=O) groups excluding carboxylic acids is 1. The van der Waals surface area contributed by atoms with Crippen LogP contribution in [-0.4, -0.2) is 28.3 Å². The summed E-state index contributed by atoms with van der Waals surface area (Å²) in [6.45, 7) is 0.480. The van der Waals surface area contributed by atoms with Crippen LogP contribution < -0.4 is 10.2 Å². The fraction of sp³-hybridized carbons (Fsp3) is 0.0870. The lowest BCUT2D eigenvalue weighted by molar-refractivity contribution is 0.0954. The minimum absolute atomic E-state index is 0.281. The van der Waals surface area contributed by atoms with Gasteiger partial charge in [-0.25, -0.2) is 10.4 Å². The van der Waals surface area contributed by atoms with Gasteiger partial charge in [-0.15, -0.1) is 0 Å². The zero-order valence-corrected chi connectivity index (χ0v) is 15.9. The summed E-state index contributed by atoms with van der Waals surface area (Å²) in [5.74, 6) is 0.415. The topological polar surface area (TPSA) is 68.5 Å². The maximum absolute atomic E-state index is 12.5. The second-order valence-corrected chi connectivity index (χ2v) is 6.46. The highest BCUT2D eigenvalue weighted by Gasteiger charge is 2.10. The predicted octanol–water partition coefficient (Wildman–Crippen LogP) is 3.88. The molecule has 29 heavy (non-hydrogen) atoms. The van der Waals surface area contributed by atoms with Crippen LogP contribution in [0.15, 0.2) is 90.3 Å². The highest BCUT2D eigenvalue weighted by Crippen LogP contribution is 2.14. The number of nitrogens with zero attached hydrogens (tertiary/aromatic N) is 3. The Morgan fingerprint density at radius 3 is 2.45 bits per heavy atom. The molecule has 4 aromatic rings. The monoisotopic (exact) mass is 384 g/mol. The van der Waals surface area contributed by atoms with Crippen LogP contribution in [0.5, 0.6) is 5.75 Å². The first-order valence-electron chi connectivity index (χ1n) is 9.21. The molecule has 6 heteroatoms. The van der Waals surface area contributed by atoms with Gasteiger partial charge in [-0.3, -0.25) is 4.79 Å². The molecule has 0 unspecified atom stereocenters. The number of aromatic nitrogens is 2. The number of para-hydroxylation sites is 2. The number of amides is 1. The number of hydrazone groups is 1. The Morgan fingerprint density at radius 2 is 1.69 bits per heavy atom. The van der Waals surface area contributed by atoms with Crippen LogP contribution in [0.1, 0.15) is 15.9 Å². The van der Waals surface area contributed by atoms with Crippen LogP contribution in [0, 0.1) is 0 Å². The summed E-state index contributed by atoms with van der Waals surface area (Å²) in [5.41, 5.74) is 6.77. The number of fused-ring (bicyclic) bond motifs is 1. The quantitative estimate of drug-likeness (QED) is 0.405. The van der Waals surface area contributed by atoms with Crippen molar-refractivity contribution in [3.05, 3.63) is 96.3 Å². The molecule has 0 aliphatic carbocycles. The van der Waals surface area contributed by atoms with Crippen LogP contribution in [0.3, 0.4) is 0 Å². The van der Waals surface area contributed by atoms with Gasteiger partial charge in [0.2, 0.25) is 0 Å². The van der Waals surface area contributed by atoms with Crippen molar-refractivity contribution in [2.24, 2.45) is 5.10 Å². The number of ether oxygens (including phenoxy) is 1. The summed E-state index contributed by atoms with van der Waals surface area (Å²) < 4.78 is 7.15. The van der Waals surface area contributed by atoms with Crippen molar-refractivity contribution in [2.75, 3.05) is 7.11 Å². The van der Waals surface area contributed by atoms with Gasteiger partial charge in [0.25, 0.3) is 5.91 Å². The SMILES string of the molecule is COc1ccc(C(=O)N/N=C(/Cn2cnc3ccccc32)c2ccccc2)cc1. The summed E-state index contributed by atoms with van der Waals surface area (Å²) >= 11 is 0. The zero-order valence-electron chi connectivity index (χ0n) is 15.9. The summed E-state index contributed by atoms with van der Waals surface area (Å²) in [6, 6.07) is 24.6. The van der Waals surface area contributed by atoms with Gasteiger partial charge in [-0.05, 0) is 42.0 Å². The molecule has 1 amide bonds. The number of benzene rings is 3. The molecule has 0 aliphatic rings. The molecule has 0 bridgehead atoms. The third kappa shape index (κ3) is 4.16. The van der Waals surface area contributed by atoms with E-state index in [2.05, 4.69) is 15.5 Å². The lowest BCUT2D eigenvalue weighted by atomic mass is 10.1. The van der Waals surface area contributed by atoms with Gasteiger partial charge < -0.3 is 9.30 Å². The Morgan fingerprint density at radius 1 is 0.966 bits per heavy atom. The van der Waals surface area contributed by atoms with E-state index in [0.717, 1.165) is 22.3 Å². The molecule has 144 valence electrons. The van der Waals surface area contributed by atoms with Crippen molar-refractivity contribution in [3.63, 3.8) is 0 Å². The van der Waals surface area contributed by atoms with Crippen molar-refractivity contribution < 1.29 is 9.53 Å². The highest BCUT2D eigenvalue weighted by atomic mass is 16.5. The highest BCUT2D eigenvalue weighted by molar-refractivity contribution is 6.02. The van der Waals surface area contributed by atoms with Crippen LogP contribution in [0.25, 0.3) is 11.0 Å². The number of methoxy groups -OCH3 is 1. The Bertz CT molecular complexity index is 1150. The summed E-state index contributed by atoms with van der Waals surface area (Å²) in [4.78, 5) is 17.0. The lowest BCUT2D eigenvalue weighted by Crippen LogP contribution is -2.22. The van der Waals surface area contributed by atoms with Gasteiger partial charge in [0.05, 0.1) is 36.7 Å². The second-order valence-electron chi connectivity index (χ2n) is 6.46.